The van der Waals surface area contributed by atoms with Gasteiger partial charge in [0.2, 0.25) is 0 Å². The van der Waals surface area contributed by atoms with Gasteiger partial charge >= 0.3 is 0 Å². The molecular formula is C45H70O6Si2. The first-order chi connectivity index (χ1) is 25.2. The van der Waals surface area contributed by atoms with Gasteiger partial charge in [-0.3, -0.25) is 4.79 Å². The number of rotatable bonds is 19. The number of ketones is 1. The van der Waals surface area contributed by atoms with E-state index in [1.54, 1.807) is 6.08 Å². The number of hydrogen-bond donors (Lipinski definition) is 0. The molecule has 6 nitrogen and oxygen atoms in total. The molecule has 7 atom stereocenters. The van der Waals surface area contributed by atoms with Crippen molar-refractivity contribution in [2.45, 2.75) is 155 Å². The van der Waals surface area contributed by atoms with Crippen molar-refractivity contribution in [3.05, 3.63) is 72.8 Å². The molecule has 1 saturated heterocycles. The largest absolute Gasteiger partial charge is 0.413 e. The van der Waals surface area contributed by atoms with Crippen LogP contribution in [-0.4, -0.2) is 59.4 Å². The van der Waals surface area contributed by atoms with Gasteiger partial charge in [-0.15, -0.1) is 0 Å². The van der Waals surface area contributed by atoms with Crippen LogP contribution < -0.4 is 10.4 Å². The van der Waals surface area contributed by atoms with Crippen molar-refractivity contribution in [2.24, 2.45) is 23.7 Å². The summed E-state index contributed by atoms with van der Waals surface area (Å²) in [6, 6.07) is 24.6. The zero-order valence-electron chi connectivity index (χ0n) is 34.6. The first-order valence-electron chi connectivity index (χ1n) is 20.6. The van der Waals surface area contributed by atoms with Crippen LogP contribution in [0.5, 0.6) is 0 Å². The van der Waals surface area contributed by atoms with Crippen LogP contribution in [0, 0.1) is 23.7 Å². The maximum absolute atomic E-state index is 13.9. The second-order valence-corrected chi connectivity index (χ2v) is 26.3. The smallest absolute Gasteiger partial charge is 0.261 e. The Kier molecular flexibility index (Phi) is 15.7. The number of allylic oxidation sites excluding steroid dienone is 2. The molecule has 2 aliphatic rings. The van der Waals surface area contributed by atoms with Crippen molar-refractivity contribution in [1.82, 2.24) is 0 Å². The van der Waals surface area contributed by atoms with Crippen molar-refractivity contribution in [3.8, 4) is 0 Å². The summed E-state index contributed by atoms with van der Waals surface area (Å²) in [4.78, 5) is 26.0. The van der Waals surface area contributed by atoms with Crippen LogP contribution in [0.3, 0.4) is 0 Å². The van der Waals surface area contributed by atoms with E-state index in [1.165, 1.54) is 10.4 Å². The molecule has 1 aliphatic heterocycles. The zero-order valence-corrected chi connectivity index (χ0v) is 36.6. The minimum Gasteiger partial charge on any atom is -0.413 e. The highest BCUT2D eigenvalue weighted by Crippen LogP contribution is 2.42. The van der Waals surface area contributed by atoms with Gasteiger partial charge in [0, 0.05) is 18.9 Å². The van der Waals surface area contributed by atoms with Crippen LogP contribution >= 0.6 is 0 Å². The first kappa shape index (κ1) is 43.5. The molecule has 0 N–H and O–H groups in total. The average Bonchev–Trinajstić information content (AvgIpc) is 3.14. The van der Waals surface area contributed by atoms with Gasteiger partial charge in [0.15, 0.2) is 19.9 Å². The van der Waals surface area contributed by atoms with Gasteiger partial charge in [0.1, 0.15) is 6.29 Å². The third kappa shape index (κ3) is 10.6. The monoisotopic (exact) mass is 762 g/mol. The molecule has 1 heterocycles. The Morgan fingerprint density at radius 1 is 0.868 bits per heavy atom. The van der Waals surface area contributed by atoms with E-state index >= 15 is 0 Å². The molecule has 0 saturated carbocycles. The van der Waals surface area contributed by atoms with Gasteiger partial charge in [-0.2, -0.15) is 0 Å². The summed E-state index contributed by atoms with van der Waals surface area (Å²) in [7, 11) is -4.70. The van der Waals surface area contributed by atoms with Crippen LogP contribution in [0.4, 0.5) is 0 Å². The summed E-state index contributed by atoms with van der Waals surface area (Å²) in [6.07, 6.45) is 9.28. The van der Waals surface area contributed by atoms with Gasteiger partial charge < -0.3 is 23.1 Å². The molecule has 2 aromatic carbocycles. The molecular weight excluding hydrogens is 693 g/mol. The molecule has 4 rings (SSSR count). The predicted octanol–water partition coefficient (Wildman–Crippen LogP) is 9.66. The van der Waals surface area contributed by atoms with E-state index in [0.717, 1.165) is 56.5 Å². The fourth-order valence-electron chi connectivity index (χ4n) is 9.20. The molecule has 0 spiro atoms. The number of hydrogen-bond acceptors (Lipinski definition) is 6. The van der Waals surface area contributed by atoms with Gasteiger partial charge in [-0.05, 0) is 97.4 Å². The molecule has 2 aromatic rings. The van der Waals surface area contributed by atoms with Gasteiger partial charge in [-0.1, -0.05) is 122 Å². The van der Waals surface area contributed by atoms with E-state index in [-0.39, 0.29) is 52.8 Å². The van der Waals surface area contributed by atoms with Crippen LogP contribution in [-0.2, 0) is 27.9 Å². The summed E-state index contributed by atoms with van der Waals surface area (Å²) < 4.78 is 27.6. The number of carbonyl (C=O) groups is 2. The third-order valence-corrected chi connectivity index (χ3v) is 22.2. The standard InChI is InChI=1S/C45H70O6Si2/c1-11-35(33-46)31-42(51-52(12-2,13-3)14-4)43-40(34(5)25-28-41(43)47)27-26-36-32-37(50-45(9,10)49-36)29-30-48-53(44(6,7)8,38-21-17-15-18-22-38)39-23-19-16-20-24-39/h15-25,28,33-37,40,42-43H,11-14,26-27,29-32H2,1-10H3/t34-,35+,36+,37-,40-,42-,43+/m0/s1. The molecule has 0 unspecified atom stereocenters. The normalized spacial score (nSPS) is 24.9. The lowest BCUT2D eigenvalue weighted by Crippen LogP contribution is -2.66. The van der Waals surface area contributed by atoms with Crippen molar-refractivity contribution < 1.29 is 27.9 Å². The average molecular weight is 763 g/mol. The summed E-state index contributed by atoms with van der Waals surface area (Å²) in [5.74, 6) is -0.606. The van der Waals surface area contributed by atoms with E-state index in [9.17, 15) is 9.59 Å². The Morgan fingerprint density at radius 2 is 1.42 bits per heavy atom. The van der Waals surface area contributed by atoms with Crippen molar-refractivity contribution in [1.29, 1.82) is 0 Å². The van der Waals surface area contributed by atoms with E-state index in [0.29, 0.717) is 13.0 Å². The van der Waals surface area contributed by atoms with Crippen molar-refractivity contribution >= 4 is 39.1 Å². The topological polar surface area (TPSA) is 71.1 Å². The summed E-state index contributed by atoms with van der Waals surface area (Å²) >= 11 is 0. The van der Waals surface area contributed by atoms with Crippen LogP contribution in [0.2, 0.25) is 23.2 Å². The zero-order chi connectivity index (χ0) is 38.9. The van der Waals surface area contributed by atoms with Crippen LogP contribution in [0.25, 0.3) is 0 Å². The van der Waals surface area contributed by atoms with Gasteiger partial charge in [0.25, 0.3) is 8.32 Å². The lowest BCUT2D eigenvalue weighted by atomic mass is 9.69. The third-order valence-electron chi connectivity index (χ3n) is 12.4. The van der Waals surface area contributed by atoms with Crippen LogP contribution in [0.15, 0.2) is 72.8 Å². The Bertz CT molecular complexity index is 1400. The first-order valence-corrected chi connectivity index (χ1v) is 25.1. The van der Waals surface area contributed by atoms with E-state index in [4.69, 9.17) is 18.3 Å². The molecule has 294 valence electrons. The Morgan fingerprint density at radius 3 is 1.91 bits per heavy atom. The highest BCUT2D eigenvalue weighted by atomic mass is 28.4. The molecule has 0 aromatic heterocycles. The summed E-state index contributed by atoms with van der Waals surface area (Å²) in [5.41, 5.74) is 0. The highest BCUT2D eigenvalue weighted by molar-refractivity contribution is 6.99. The number of ether oxygens (including phenoxy) is 2. The maximum Gasteiger partial charge on any atom is 0.261 e. The number of aldehydes is 1. The fraction of sp³-hybridized carbons (Fsp3) is 0.644. The molecule has 0 amide bonds. The quantitative estimate of drug-likeness (QED) is 0.105. The molecule has 1 aliphatic carbocycles. The number of benzene rings is 2. The van der Waals surface area contributed by atoms with E-state index < -0.39 is 22.4 Å². The lowest BCUT2D eigenvalue weighted by Gasteiger charge is -2.45. The molecule has 0 bridgehead atoms. The second kappa shape index (κ2) is 19.1. The molecule has 1 fully saturated rings. The lowest BCUT2D eigenvalue weighted by molar-refractivity contribution is -0.302. The van der Waals surface area contributed by atoms with E-state index in [2.05, 4.69) is 122 Å². The van der Waals surface area contributed by atoms with Gasteiger partial charge in [0.05, 0.1) is 24.2 Å². The van der Waals surface area contributed by atoms with Crippen molar-refractivity contribution in [3.63, 3.8) is 0 Å². The summed E-state index contributed by atoms with van der Waals surface area (Å²) in [6.45, 7) is 22.6. The Labute approximate surface area is 324 Å². The predicted molar refractivity (Wildman–Crippen MR) is 223 cm³/mol. The number of carbonyl (C=O) groups excluding carboxylic acids is 2. The van der Waals surface area contributed by atoms with E-state index in [1.807, 2.05) is 13.8 Å². The Hall–Kier alpha value is -2.21. The van der Waals surface area contributed by atoms with Crippen molar-refractivity contribution in [2.75, 3.05) is 6.61 Å². The SMILES string of the molecule is CC[C@@H](C=O)C[C@H](O[Si](CC)(CC)CC)[C@H]1C(=O)C=C[C@H](C)[C@@H]1CC[C@@H]1C[C@H](CCO[Si](c2ccccc2)(c2ccccc2)C(C)(C)C)OC(C)(C)O1. The maximum atomic E-state index is 13.9. The molecule has 0 radical (unpaired) electrons. The molecule has 53 heavy (non-hydrogen) atoms. The summed E-state index contributed by atoms with van der Waals surface area (Å²) in [5, 5.41) is 2.47. The Balaban J connectivity index is 1.53. The van der Waals surface area contributed by atoms with Gasteiger partial charge in [-0.25, -0.2) is 0 Å². The van der Waals surface area contributed by atoms with Crippen LogP contribution in [0.1, 0.15) is 108 Å². The fourth-order valence-corrected chi connectivity index (χ4v) is 16.7. The second-order valence-electron chi connectivity index (χ2n) is 17.2. The molecule has 8 heteroatoms. The highest BCUT2D eigenvalue weighted by Gasteiger charge is 2.50. The minimum atomic E-state index is -2.66. The minimum absolute atomic E-state index is 0.00130.